The molecule has 0 spiro atoms. The summed E-state index contributed by atoms with van der Waals surface area (Å²) in [6.45, 7) is 1.27. The average Bonchev–Trinajstić information content (AvgIpc) is 2.21. The van der Waals surface area contributed by atoms with E-state index >= 15 is 0 Å². The Bertz CT molecular complexity index is 42.8. The summed E-state index contributed by atoms with van der Waals surface area (Å²) in [5.41, 5.74) is 0. The highest BCUT2D eigenvalue weighted by Crippen LogP contribution is 2.03. The lowest BCUT2D eigenvalue weighted by atomic mass is 10.4. The molecule has 1 heterocycles. The third-order valence-corrected chi connectivity index (χ3v) is 1.57. The summed E-state index contributed by atoms with van der Waals surface area (Å²) in [6, 6.07) is 0.891. The summed E-state index contributed by atoms with van der Waals surface area (Å²) in [6.07, 6.45) is 1.36. The summed E-state index contributed by atoms with van der Waals surface area (Å²) < 4.78 is 1.30. The van der Waals surface area contributed by atoms with Gasteiger partial charge in [0.05, 0.1) is 0 Å². The fourth-order valence-electron chi connectivity index (χ4n) is 0.419. The average molecular weight is 197 g/mol. The standard InChI is InChI=1S/C4H8IN/c5-2-1-4-3-6-4/h4,6H,1-3H2. The van der Waals surface area contributed by atoms with E-state index in [0.29, 0.717) is 0 Å². The van der Waals surface area contributed by atoms with E-state index in [1.54, 1.807) is 0 Å². The molecule has 1 N–H and O–H groups in total. The number of hydrogen-bond donors (Lipinski definition) is 1. The predicted molar refractivity (Wildman–Crippen MR) is 35.3 cm³/mol. The highest BCUT2D eigenvalue weighted by atomic mass is 127. The molecule has 0 aromatic carbocycles. The van der Waals surface area contributed by atoms with Crippen molar-refractivity contribution < 1.29 is 0 Å². The SMILES string of the molecule is ICCC1CN1. The molecular weight excluding hydrogens is 189 g/mol. The van der Waals surface area contributed by atoms with E-state index in [2.05, 4.69) is 27.9 Å². The van der Waals surface area contributed by atoms with Gasteiger partial charge in [0.25, 0.3) is 0 Å². The lowest BCUT2D eigenvalue weighted by molar-refractivity contribution is 0.916. The molecule has 0 radical (unpaired) electrons. The Morgan fingerprint density at radius 1 is 1.83 bits per heavy atom. The first kappa shape index (κ1) is 4.84. The van der Waals surface area contributed by atoms with E-state index in [-0.39, 0.29) is 0 Å². The van der Waals surface area contributed by atoms with Gasteiger partial charge >= 0.3 is 0 Å². The summed E-state index contributed by atoms with van der Waals surface area (Å²) in [5.74, 6) is 0. The van der Waals surface area contributed by atoms with Crippen molar-refractivity contribution >= 4 is 22.6 Å². The predicted octanol–water partition coefficient (Wildman–Crippen LogP) is 0.783. The van der Waals surface area contributed by atoms with Crippen LogP contribution < -0.4 is 5.32 Å². The Morgan fingerprint density at radius 2 is 2.50 bits per heavy atom. The van der Waals surface area contributed by atoms with Gasteiger partial charge in [0.15, 0.2) is 0 Å². The minimum Gasteiger partial charge on any atom is -0.311 e. The molecule has 1 atom stereocenters. The molecule has 2 heteroatoms. The Balaban J connectivity index is 1.88. The Hall–Kier alpha value is 0.690. The van der Waals surface area contributed by atoms with Gasteiger partial charge in [0, 0.05) is 17.0 Å². The van der Waals surface area contributed by atoms with Gasteiger partial charge in [0.2, 0.25) is 0 Å². The van der Waals surface area contributed by atoms with Crippen molar-refractivity contribution in [3.05, 3.63) is 0 Å². The molecular formula is C4H8IN. The second-order valence-electron chi connectivity index (χ2n) is 1.58. The highest BCUT2D eigenvalue weighted by molar-refractivity contribution is 14.1. The molecule has 1 nitrogen and oxygen atoms in total. The van der Waals surface area contributed by atoms with Crippen molar-refractivity contribution in [3.8, 4) is 0 Å². The second-order valence-corrected chi connectivity index (χ2v) is 2.66. The molecule has 0 aliphatic carbocycles. The van der Waals surface area contributed by atoms with Gasteiger partial charge in [0.1, 0.15) is 0 Å². The monoisotopic (exact) mass is 197 g/mol. The summed E-state index contributed by atoms with van der Waals surface area (Å²) in [4.78, 5) is 0. The van der Waals surface area contributed by atoms with E-state index in [4.69, 9.17) is 0 Å². The van der Waals surface area contributed by atoms with Crippen LogP contribution in [0.3, 0.4) is 0 Å². The molecule has 1 saturated heterocycles. The topological polar surface area (TPSA) is 21.9 Å². The van der Waals surface area contributed by atoms with Crippen LogP contribution in [0.25, 0.3) is 0 Å². The van der Waals surface area contributed by atoms with E-state index < -0.39 is 0 Å². The zero-order chi connectivity index (χ0) is 4.41. The third-order valence-electron chi connectivity index (χ3n) is 0.950. The molecule has 0 aromatic heterocycles. The second kappa shape index (κ2) is 2.12. The molecule has 1 unspecified atom stereocenters. The van der Waals surface area contributed by atoms with Crippen LogP contribution in [0.2, 0.25) is 0 Å². The van der Waals surface area contributed by atoms with Gasteiger partial charge in [-0.2, -0.15) is 0 Å². The van der Waals surface area contributed by atoms with Gasteiger partial charge in [-0.05, 0) is 6.42 Å². The molecule has 0 amide bonds. The Morgan fingerprint density at radius 3 is 2.67 bits per heavy atom. The quantitative estimate of drug-likeness (QED) is 0.394. The highest BCUT2D eigenvalue weighted by Gasteiger charge is 2.17. The van der Waals surface area contributed by atoms with Gasteiger partial charge in [-0.3, -0.25) is 0 Å². The van der Waals surface area contributed by atoms with Crippen LogP contribution in [0, 0.1) is 0 Å². The van der Waals surface area contributed by atoms with Gasteiger partial charge < -0.3 is 5.32 Å². The van der Waals surface area contributed by atoms with Crippen LogP contribution in [0.4, 0.5) is 0 Å². The fraction of sp³-hybridized carbons (Fsp3) is 1.00. The summed E-state index contributed by atoms with van der Waals surface area (Å²) >= 11 is 2.40. The van der Waals surface area contributed by atoms with Crippen LogP contribution in [-0.4, -0.2) is 17.0 Å². The van der Waals surface area contributed by atoms with E-state index in [1.807, 2.05) is 0 Å². The summed E-state index contributed by atoms with van der Waals surface area (Å²) in [5, 5.41) is 3.23. The van der Waals surface area contributed by atoms with Crippen LogP contribution in [0.1, 0.15) is 6.42 Å². The Labute approximate surface area is 51.6 Å². The first-order chi connectivity index (χ1) is 2.93. The maximum atomic E-state index is 3.23. The molecule has 1 aliphatic heterocycles. The minimum atomic E-state index is 0.891. The molecule has 1 rings (SSSR count). The lowest BCUT2D eigenvalue weighted by Crippen LogP contribution is -1.88. The van der Waals surface area contributed by atoms with Gasteiger partial charge in [-0.25, -0.2) is 0 Å². The van der Waals surface area contributed by atoms with Crippen LogP contribution in [0.5, 0.6) is 0 Å². The van der Waals surface area contributed by atoms with Crippen molar-refractivity contribution in [2.45, 2.75) is 12.5 Å². The fourth-order valence-corrected chi connectivity index (χ4v) is 1.17. The molecule has 0 aromatic rings. The van der Waals surface area contributed by atoms with Crippen LogP contribution >= 0.6 is 22.6 Å². The first-order valence-corrected chi connectivity index (χ1v) is 3.75. The first-order valence-electron chi connectivity index (χ1n) is 2.23. The Kier molecular flexibility index (Phi) is 1.71. The van der Waals surface area contributed by atoms with Crippen molar-refractivity contribution in [1.82, 2.24) is 5.32 Å². The van der Waals surface area contributed by atoms with Gasteiger partial charge in [-0.1, -0.05) is 22.6 Å². The van der Waals surface area contributed by atoms with Crippen molar-refractivity contribution in [2.75, 3.05) is 11.0 Å². The van der Waals surface area contributed by atoms with Crippen molar-refractivity contribution in [2.24, 2.45) is 0 Å². The number of rotatable bonds is 2. The lowest BCUT2D eigenvalue weighted by Gasteiger charge is -1.80. The summed E-state index contributed by atoms with van der Waals surface area (Å²) in [7, 11) is 0. The van der Waals surface area contributed by atoms with Crippen molar-refractivity contribution in [3.63, 3.8) is 0 Å². The number of nitrogens with one attached hydrogen (secondary N) is 1. The largest absolute Gasteiger partial charge is 0.311 e. The maximum absolute atomic E-state index is 3.23. The normalized spacial score (nSPS) is 30.5. The van der Waals surface area contributed by atoms with E-state index in [0.717, 1.165) is 6.04 Å². The third kappa shape index (κ3) is 1.43. The van der Waals surface area contributed by atoms with Crippen molar-refractivity contribution in [1.29, 1.82) is 0 Å². The zero-order valence-electron chi connectivity index (χ0n) is 3.58. The molecule has 6 heavy (non-hydrogen) atoms. The zero-order valence-corrected chi connectivity index (χ0v) is 5.73. The molecule has 1 aliphatic rings. The molecule has 1 fully saturated rings. The molecule has 36 valence electrons. The van der Waals surface area contributed by atoms with Gasteiger partial charge in [-0.15, -0.1) is 0 Å². The van der Waals surface area contributed by atoms with E-state index in [9.17, 15) is 0 Å². The van der Waals surface area contributed by atoms with Crippen LogP contribution in [0.15, 0.2) is 0 Å². The van der Waals surface area contributed by atoms with E-state index in [1.165, 1.54) is 17.4 Å². The van der Waals surface area contributed by atoms with Crippen LogP contribution in [-0.2, 0) is 0 Å². The molecule has 0 saturated carbocycles. The number of halogens is 1. The molecule has 0 bridgehead atoms. The minimum absolute atomic E-state index is 0.891. The number of alkyl halides is 1. The maximum Gasteiger partial charge on any atom is 0.0200 e. The smallest absolute Gasteiger partial charge is 0.0200 e. The number of hydrogen-bond acceptors (Lipinski definition) is 1.